The lowest BCUT2D eigenvalue weighted by Crippen LogP contribution is -2.36. The highest BCUT2D eigenvalue weighted by Crippen LogP contribution is 2.47. The average molecular weight is 437 g/mol. The molecule has 0 N–H and O–H groups in total. The van der Waals surface area contributed by atoms with Gasteiger partial charge >= 0.3 is 6.36 Å². The average Bonchev–Trinajstić information content (AvgIpc) is 3.00. The highest BCUT2D eigenvalue weighted by molar-refractivity contribution is 5.83. The van der Waals surface area contributed by atoms with Crippen LogP contribution in [0.1, 0.15) is 37.1 Å². The Morgan fingerprint density at radius 2 is 1.94 bits per heavy atom. The van der Waals surface area contributed by atoms with Gasteiger partial charge < -0.3 is 9.13 Å². The number of rotatable bonds is 5. The van der Waals surface area contributed by atoms with Crippen molar-refractivity contribution in [2.45, 2.75) is 51.2 Å². The molecule has 0 bridgehead atoms. The van der Waals surface area contributed by atoms with Crippen molar-refractivity contribution in [3.8, 4) is 11.1 Å². The largest absolute Gasteiger partial charge is 0.522 e. The molecule has 4 rings (SSSR count). The first-order valence-electron chi connectivity index (χ1n) is 10.0. The van der Waals surface area contributed by atoms with Crippen molar-refractivity contribution >= 4 is 11.0 Å². The van der Waals surface area contributed by atoms with E-state index in [-0.39, 0.29) is 30.9 Å². The zero-order valence-electron chi connectivity index (χ0n) is 17.5. The van der Waals surface area contributed by atoms with E-state index in [4.69, 9.17) is 0 Å². The smallest absolute Gasteiger partial charge is 0.325 e. The van der Waals surface area contributed by atoms with Crippen molar-refractivity contribution in [1.29, 1.82) is 0 Å². The van der Waals surface area contributed by atoms with Crippen LogP contribution in [0.5, 0.6) is 0 Å². The first-order chi connectivity index (χ1) is 14.4. The minimum Gasteiger partial charge on any atom is -0.325 e. The van der Waals surface area contributed by atoms with E-state index in [2.05, 4.69) is 9.72 Å². The number of aromatic nitrogens is 3. The normalized spacial score (nSPS) is 21.5. The minimum atomic E-state index is -4.72. The summed E-state index contributed by atoms with van der Waals surface area (Å²) in [6.07, 6.45) is -2.44. The Kier molecular flexibility index (Phi) is 5.20. The number of nitrogens with zero attached hydrogens (tertiary/aromatic N) is 3. The summed E-state index contributed by atoms with van der Waals surface area (Å²) < 4.78 is 58.8. The zero-order chi connectivity index (χ0) is 22.6. The summed E-state index contributed by atoms with van der Waals surface area (Å²) in [4.78, 5) is 16.6. The number of halogens is 4. The number of pyridine rings is 1. The Morgan fingerprint density at radius 3 is 2.55 bits per heavy atom. The summed E-state index contributed by atoms with van der Waals surface area (Å²) in [5.74, 6) is 0.418. The first-order valence-corrected chi connectivity index (χ1v) is 10.0. The van der Waals surface area contributed by atoms with Crippen LogP contribution in [0.3, 0.4) is 0 Å². The van der Waals surface area contributed by atoms with E-state index in [1.54, 1.807) is 36.9 Å². The number of benzene rings is 1. The van der Waals surface area contributed by atoms with Crippen molar-refractivity contribution in [3.63, 3.8) is 0 Å². The predicted molar refractivity (Wildman–Crippen MR) is 109 cm³/mol. The minimum absolute atomic E-state index is 0.0550. The lowest BCUT2D eigenvalue weighted by molar-refractivity contribution is -0.325. The molecular formula is C22H23F4N3O2. The molecule has 1 aromatic carbocycles. The van der Waals surface area contributed by atoms with Gasteiger partial charge in [0, 0.05) is 31.3 Å². The van der Waals surface area contributed by atoms with Crippen molar-refractivity contribution in [2.24, 2.45) is 7.05 Å². The Balaban J connectivity index is 1.76. The fourth-order valence-electron chi connectivity index (χ4n) is 4.31. The number of imidazole rings is 1. The highest BCUT2D eigenvalue weighted by atomic mass is 19.4. The monoisotopic (exact) mass is 437 g/mol. The van der Waals surface area contributed by atoms with Gasteiger partial charge in [-0.2, -0.15) is 0 Å². The van der Waals surface area contributed by atoms with Crippen LogP contribution in [-0.2, 0) is 18.3 Å². The van der Waals surface area contributed by atoms with Crippen LogP contribution in [-0.4, -0.2) is 32.8 Å². The molecule has 0 amide bonds. The number of aryl methyl sites for hydroxylation is 2. The van der Waals surface area contributed by atoms with Gasteiger partial charge in [0.1, 0.15) is 11.5 Å². The van der Waals surface area contributed by atoms with Crippen LogP contribution in [0.2, 0.25) is 0 Å². The summed E-state index contributed by atoms with van der Waals surface area (Å²) in [6.45, 7) is 2.63. The van der Waals surface area contributed by atoms with E-state index in [1.165, 1.54) is 11.5 Å². The Morgan fingerprint density at radius 1 is 1.23 bits per heavy atom. The molecule has 0 unspecified atom stereocenters. The molecule has 1 aliphatic rings. The lowest BCUT2D eigenvalue weighted by atomic mass is 9.73. The summed E-state index contributed by atoms with van der Waals surface area (Å²) in [6, 6.07) is 7.27. The second-order valence-electron chi connectivity index (χ2n) is 8.47. The molecule has 5 nitrogen and oxygen atoms in total. The fraction of sp³-hybridized carbons (Fsp3) is 0.455. The maximum Gasteiger partial charge on any atom is 0.522 e. The van der Waals surface area contributed by atoms with Gasteiger partial charge in [-0.3, -0.25) is 9.53 Å². The SMILES string of the molecule is Cc1cc(-c2ccc3nc(C4CC(C)(F)C4)n(CCOC(F)(F)F)c3c2)cn(C)c1=O. The summed E-state index contributed by atoms with van der Waals surface area (Å²) >= 11 is 0. The molecular weight excluding hydrogens is 414 g/mol. The van der Waals surface area contributed by atoms with E-state index >= 15 is 0 Å². The predicted octanol–water partition coefficient (Wildman–Crippen LogP) is 4.85. The van der Waals surface area contributed by atoms with Gasteiger partial charge in [0.25, 0.3) is 5.56 Å². The van der Waals surface area contributed by atoms with Gasteiger partial charge in [-0.05, 0) is 56.0 Å². The molecule has 1 aliphatic carbocycles. The molecule has 0 saturated heterocycles. The second kappa shape index (κ2) is 7.47. The van der Waals surface area contributed by atoms with Crippen LogP contribution < -0.4 is 5.56 Å². The van der Waals surface area contributed by atoms with Crippen LogP contribution in [0, 0.1) is 6.92 Å². The summed E-state index contributed by atoms with van der Waals surface area (Å²) in [5, 5.41) is 0. The lowest BCUT2D eigenvalue weighted by Gasteiger charge is -2.38. The topological polar surface area (TPSA) is 49.0 Å². The number of fused-ring (bicyclic) bond motifs is 1. The number of hydrogen-bond acceptors (Lipinski definition) is 3. The molecule has 1 saturated carbocycles. The van der Waals surface area contributed by atoms with Crippen LogP contribution in [0.4, 0.5) is 17.6 Å². The zero-order valence-corrected chi connectivity index (χ0v) is 17.5. The van der Waals surface area contributed by atoms with Crippen LogP contribution >= 0.6 is 0 Å². The van der Waals surface area contributed by atoms with E-state index in [0.717, 1.165) is 11.1 Å². The van der Waals surface area contributed by atoms with Gasteiger partial charge in [0.15, 0.2) is 0 Å². The molecule has 3 aromatic rings. The molecule has 2 aromatic heterocycles. The molecule has 166 valence electrons. The number of alkyl halides is 4. The summed E-state index contributed by atoms with van der Waals surface area (Å²) in [5.41, 5.74) is 2.09. The third-order valence-electron chi connectivity index (χ3n) is 5.76. The van der Waals surface area contributed by atoms with Gasteiger partial charge in [-0.25, -0.2) is 9.37 Å². The molecule has 0 spiro atoms. The highest BCUT2D eigenvalue weighted by Gasteiger charge is 2.43. The Labute approximate surface area is 176 Å². The van der Waals surface area contributed by atoms with Crippen molar-refractivity contribution < 1.29 is 22.3 Å². The van der Waals surface area contributed by atoms with Crippen molar-refractivity contribution in [1.82, 2.24) is 14.1 Å². The van der Waals surface area contributed by atoms with Gasteiger partial charge in [0.2, 0.25) is 0 Å². The van der Waals surface area contributed by atoms with E-state index in [9.17, 15) is 22.4 Å². The van der Waals surface area contributed by atoms with E-state index < -0.39 is 18.6 Å². The summed E-state index contributed by atoms with van der Waals surface area (Å²) in [7, 11) is 1.67. The van der Waals surface area contributed by atoms with E-state index in [1.807, 2.05) is 12.1 Å². The third kappa shape index (κ3) is 4.37. The molecule has 9 heteroatoms. The standard InChI is InChI=1S/C22H23F4N3O2/c1-13-8-15(12-28(3)20(13)30)14-4-5-17-18(9-14)29(6-7-31-22(24,25)26)19(27-17)16-10-21(2,23)11-16/h4-5,8-9,12,16H,6-7,10-11H2,1-3H3. The van der Waals surface area contributed by atoms with Gasteiger partial charge in [-0.1, -0.05) is 6.07 Å². The Bertz CT molecular complexity index is 1160. The first kappa shape index (κ1) is 21.5. The molecule has 2 heterocycles. The van der Waals surface area contributed by atoms with Crippen LogP contribution in [0.15, 0.2) is 35.3 Å². The molecule has 1 fully saturated rings. The van der Waals surface area contributed by atoms with Crippen molar-refractivity contribution in [2.75, 3.05) is 6.61 Å². The second-order valence-corrected chi connectivity index (χ2v) is 8.47. The molecule has 0 atom stereocenters. The van der Waals surface area contributed by atoms with Gasteiger partial charge in [0.05, 0.1) is 17.6 Å². The maximum absolute atomic E-state index is 14.1. The quantitative estimate of drug-likeness (QED) is 0.536. The van der Waals surface area contributed by atoms with Crippen LogP contribution in [0.25, 0.3) is 22.2 Å². The molecule has 0 radical (unpaired) electrons. The van der Waals surface area contributed by atoms with Crippen molar-refractivity contribution in [3.05, 3.63) is 52.2 Å². The maximum atomic E-state index is 14.1. The van der Waals surface area contributed by atoms with Gasteiger partial charge in [-0.15, -0.1) is 13.2 Å². The Hall–Kier alpha value is -2.68. The molecule has 31 heavy (non-hydrogen) atoms. The van der Waals surface area contributed by atoms with E-state index in [0.29, 0.717) is 22.4 Å². The fourth-order valence-corrected chi connectivity index (χ4v) is 4.31. The number of ether oxygens (including phenoxy) is 1. The molecule has 0 aliphatic heterocycles. The number of hydrogen-bond donors (Lipinski definition) is 0. The third-order valence-corrected chi connectivity index (χ3v) is 5.76.